The third-order valence-electron chi connectivity index (χ3n) is 2.67. The topological polar surface area (TPSA) is 69.3 Å². The summed E-state index contributed by atoms with van der Waals surface area (Å²) in [5, 5.41) is 8.24. The molecule has 5 heteroatoms. The van der Waals surface area contributed by atoms with Gasteiger partial charge in [0.25, 0.3) is 0 Å². The Bertz CT molecular complexity index is 627. The van der Waals surface area contributed by atoms with Crippen molar-refractivity contribution >= 4 is 11.3 Å². The fourth-order valence-corrected chi connectivity index (χ4v) is 1.81. The van der Waals surface area contributed by atoms with Crippen molar-refractivity contribution in [2.75, 3.05) is 5.73 Å². The van der Waals surface area contributed by atoms with E-state index < -0.39 is 0 Å². The molecule has 0 aliphatic rings. The van der Waals surface area contributed by atoms with Crippen molar-refractivity contribution in [3.63, 3.8) is 0 Å². The van der Waals surface area contributed by atoms with Crippen LogP contribution < -0.4 is 5.73 Å². The average Bonchev–Trinajstić information content (AvgIpc) is 2.94. The SMILES string of the molecule is Nc1ccc2nnc(CCc3ccco3)n2c1. The highest BCUT2D eigenvalue weighted by Crippen LogP contribution is 2.11. The summed E-state index contributed by atoms with van der Waals surface area (Å²) in [6.07, 6.45) is 5.10. The van der Waals surface area contributed by atoms with Gasteiger partial charge >= 0.3 is 0 Å². The van der Waals surface area contributed by atoms with Crippen molar-refractivity contribution in [1.29, 1.82) is 0 Å². The first-order valence-electron chi connectivity index (χ1n) is 5.44. The molecular formula is C12H12N4O. The van der Waals surface area contributed by atoms with Crippen LogP contribution in [0.1, 0.15) is 11.6 Å². The predicted molar refractivity (Wildman–Crippen MR) is 63.5 cm³/mol. The van der Waals surface area contributed by atoms with E-state index in [0.29, 0.717) is 5.69 Å². The van der Waals surface area contributed by atoms with Gasteiger partial charge in [0, 0.05) is 24.7 Å². The number of nitrogens with two attached hydrogens (primary N) is 1. The third kappa shape index (κ3) is 1.87. The van der Waals surface area contributed by atoms with Gasteiger partial charge < -0.3 is 10.2 Å². The van der Waals surface area contributed by atoms with Crippen LogP contribution in [0.15, 0.2) is 41.1 Å². The fourth-order valence-electron chi connectivity index (χ4n) is 1.81. The first-order chi connectivity index (χ1) is 8.33. The Morgan fingerprint density at radius 1 is 1.18 bits per heavy atom. The van der Waals surface area contributed by atoms with Crippen LogP contribution in [-0.4, -0.2) is 14.6 Å². The van der Waals surface area contributed by atoms with E-state index in [9.17, 15) is 0 Å². The normalized spacial score (nSPS) is 11.1. The molecule has 3 rings (SSSR count). The molecule has 0 spiro atoms. The smallest absolute Gasteiger partial charge is 0.160 e. The first-order valence-corrected chi connectivity index (χ1v) is 5.44. The summed E-state index contributed by atoms with van der Waals surface area (Å²) in [6.45, 7) is 0. The van der Waals surface area contributed by atoms with E-state index in [0.717, 1.165) is 30.1 Å². The molecule has 2 N–H and O–H groups in total. The molecular weight excluding hydrogens is 216 g/mol. The van der Waals surface area contributed by atoms with Crippen molar-refractivity contribution in [3.05, 3.63) is 48.3 Å². The summed E-state index contributed by atoms with van der Waals surface area (Å²) in [5.41, 5.74) is 7.27. The molecule has 0 amide bonds. The molecule has 0 aliphatic carbocycles. The van der Waals surface area contributed by atoms with E-state index >= 15 is 0 Å². The quantitative estimate of drug-likeness (QED) is 0.740. The Morgan fingerprint density at radius 2 is 2.12 bits per heavy atom. The highest BCUT2D eigenvalue weighted by molar-refractivity contribution is 5.47. The summed E-state index contributed by atoms with van der Waals surface area (Å²) in [4.78, 5) is 0. The van der Waals surface area contributed by atoms with Crippen LogP contribution in [0.4, 0.5) is 5.69 Å². The number of furan rings is 1. The van der Waals surface area contributed by atoms with E-state index in [2.05, 4.69) is 10.2 Å². The number of hydrogen-bond donors (Lipinski definition) is 1. The number of aromatic nitrogens is 3. The zero-order valence-corrected chi connectivity index (χ0v) is 9.21. The monoisotopic (exact) mass is 228 g/mol. The van der Waals surface area contributed by atoms with Gasteiger partial charge in [0.1, 0.15) is 11.6 Å². The molecule has 0 unspecified atom stereocenters. The van der Waals surface area contributed by atoms with Crippen LogP contribution in [0.5, 0.6) is 0 Å². The second-order valence-electron chi connectivity index (χ2n) is 3.89. The zero-order valence-electron chi connectivity index (χ0n) is 9.21. The molecule has 3 heterocycles. The van der Waals surface area contributed by atoms with Crippen molar-refractivity contribution in [3.8, 4) is 0 Å². The number of fused-ring (bicyclic) bond motifs is 1. The number of pyridine rings is 1. The number of rotatable bonds is 3. The van der Waals surface area contributed by atoms with Gasteiger partial charge in [0.15, 0.2) is 5.65 Å². The minimum absolute atomic E-state index is 0.705. The predicted octanol–water partition coefficient (Wildman–Crippen LogP) is 1.69. The lowest BCUT2D eigenvalue weighted by Crippen LogP contribution is -1.98. The molecule has 0 fully saturated rings. The van der Waals surface area contributed by atoms with Crippen molar-refractivity contribution in [1.82, 2.24) is 14.6 Å². The lowest BCUT2D eigenvalue weighted by molar-refractivity contribution is 0.506. The van der Waals surface area contributed by atoms with Gasteiger partial charge in [-0.25, -0.2) is 0 Å². The Kier molecular flexibility index (Phi) is 2.29. The summed E-state index contributed by atoms with van der Waals surface area (Å²) >= 11 is 0. The van der Waals surface area contributed by atoms with Gasteiger partial charge in [0.05, 0.1) is 6.26 Å². The summed E-state index contributed by atoms with van der Waals surface area (Å²) < 4.78 is 7.20. The van der Waals surface area contributed by atoms with Gasteiger partial charge in [-0.15, -0.1) is 10.2 Å². The maximum absolute atomic E-state index is 5.75. The lowest BCUT2D eigenvalue weighted by atomic mass is 10.2. The maximum atomic E-state index is 5.75. The number of anilines is 1. The minimum atomic E-state index is 0.705. The molecule has 0 aliphatic heterocycles. The molecule has 3 aromatic rings. The van der Waals surface area contributed by atoms with Crippen molar-refractivity contribution in [2.24, 2.45) is 0 Å². The van der Waals surface area contributed by atoms with E-state index in [4.69, 9.17) is 10.2 Å². The molecule has 0 saturated heterocycles. The van der Waals surface area contributed by atoms with E-state index in [-0.39, 0.29) is 0 Å². The summed E-state index contributed by atoms with van der Waals surface area (Å²) in [6, 6.07) is 7.52. The van der Waals surface area contributed by atoms with Crippen molar-refractivity contribution < 1.29 is 4.42 Å². The molecule has 0 aromatic carbocycles. The van der Waals surface area contributed by atoms with E-state index in [1.807, 2.05) is 34.9 Å². The molecule has 0 bridgehead atoms. The van der Waals surface area contributed by atoms with Gasteiger partial charge in [0.2, 0.25) is 0 Å². The van der Waals surface area contributed by atoms with Gasteiger partial charge in [-0.1, -0.05) is 0 Å². The van der Waals surface area contributed by atoms with Gasteiger partial charge in [-0.3, -0.25) is 4.40 Å². The fraction of sp³-hybridized carbons (Fsp3) is 0.167. The summed E-state index contributed by atoms with van der Waals surface area (Å²) in [7, 11) is 0. The van der Waals surface area contributed by atoms with Crippen LogP contribution in [0.2, 0.25) is 0 Å². The van der Waals surface area contributed by atoms with Crippen LogP contribution in [0.25, 0.3) is 5.65 Å². The number of nitrogens with zero attached hydrogens (tertiary/aromatic N) is 3. The number of aryl methyl sites for hydroxylation is 2. The second kappa shape index (κ2) is 3.93. The Labute approximate surface area is 97.9 Å². The lowest BCUT2D eigenvalue weighted by Gasteiger charge is -1.99. The van der Waals surface area contributed by atoms with Crippen LogP contribution >= 0.6 is 0 Å². The number of hydrogen-bond acceptors (Lipinski definition) is 4. The molecule has 3 aromatic heterocycles. The third-order valence-corrected chi connectivity index (χ3v) is 2.67. The van der Waals surface area contributed by atoms with Crippen LogP contribution in [-0.2, 0) is 12.8 Å². The minimum Gasteiger partial charge on any atom is -0.469 e. The van der Waals surface area contributed by atoms with Crippen LogP contribution in [0.3, 0.4) is 0 Å². The largest absolute Gasteiger partial charge is 0.469 e. The Balaban J connectivity index is 1.87. The Hall–Kier alpha value is -2.30. The molecule has 0 atom stereocenters. The van der Waals surface area contributed by atoms with Gasteiger partial charge in [-0.05, 0) is 24.3 Å². The molecule has 86 valence electrons. The summed E-state index contributed by atoms with van der Waals surface area (Å²) in [5.74, 6) is 1.84. The number of nitrogen functional groups attached to an aromatic ring is 1. The second-order valence-corrected chi connectivity index (χ2v) is 3.89. The molecule has 0 radical (unpaired) electrons. The van der Waals surface area contributed by atoms with Crippen LogP contribution in [0, 0.1) is 0 Å². The standard InChI is InChI=1S/C12H12N4O/c13-9-3-5-11-14-15-12(16(11)8-9)6-4-10-2-1-7-17-10/h1-3,5,7-8H,4,6,13H2. The van der Waals surface area contributed by atoms with Crippen molar-refractivity contribution in [2.45, 2.75) is 12.8 Å². The maximum Gasteiger partial charge on any atom is 0.160 e. The first kappa shape index (κ1) is 9.89. The molecule has 17 heavy (non-hydrogen) atoms. The van der Waals surface area contributed by atoms with E-state index in [1.165, 1.54) is 0 Å². The van der Waals surface area contributed by atoms with Gasteiger partial charge in [-0.2, -0.15) is 0 Å². The van der Waals surface area contributed by atoms with E-state index in [1.54, 1.807) is 6.26 Å². The average molecular weight is 228 g/mol. The zero-order chi connectivity index (χ0) is 11.7. The molecule has 5 nitrogen and oxygen atoms in total. The molecule has 0 saturated carbocycles. The Morgan fingerprint density at radius 3 is 2.94 bits per heavy atom. The highest BCUT2D eigenvalue weighted by atomic mass is 16.3. The highest BCUT2D eigenvalue weighted by Gasteiger charge is 2.06.